The molecule has 1 aromatic rings. The summed E-state index contributed by atoms with van der Waals surface area (Å²) in [5.41, 5.74) is 2.08. The number of hydrogen-bond acceptors (Lipinski definition) is 1. The van der Waals surface area contributed by atoms with Crippen molar-refractivity contribution in [2.75, 3.05) is 6.54 Å². The first-order valence-corrected chi connectivity index (χ1v) is 6.72. The lowest BCUT2D eigenvalue weighted by Gasteiger charge is -2.25. The van der Waals surface area contributed by atoms with Gasteiger partial charge in [0.15, 0.2) is 0 Å². The lowest BCUT2D eigenvalue weighted by atomic mass is 9.95. The molecule has 1 aliphatic rings. The zero-order chi connectivity index (χ0) is 11.8. The van der Waals surface area contributed by atoms with Gasteiger partial charge in [-0.1, -0.05) is 28.1 Å². The Morgan fingerprint density at radius 1 is 1.31 bits per heavy atom. The summed E-state index contributed by atoms with van der Waals surface area (Å²) < 4.78 is 1.19. The van der Waals surface area contributed by atoms with Crippen LogP contribution in [0.5, 0.6) is 0 Å². The maximum Gasteiger partial charge on any atom is 0.0178 e. The van der Waals surface area contributed by atoms with Gasteiger partial charge < -0.3 is 5.32 Å². The second-order valence-electron chi connectivity index (χ2n) is 5.89. The van der Waals surface area contributed by atoms with Crippen LogP contribution in [0.2, 0.25) is 0 Å². The van der Waals surface area contributed by atoms with E-state index in [0.717, 1.165) is 6.54 Å². The van der Waals surface area contributed by atoms with Crippen LogP contribution in [0.1, 0.15) is 39.2 Å². The summed E-state index contributed by atoms with van der Waals surface area (Å²) in [6, 6.07) is 8.74. The summed E-state index contributed by atoms with van der Waals surface area (Å²) in [5, 5.41) is 3.63. The summed E-state index contributed by atoms with van der Waals surface area (Å²) in [7, 11) is 0. The fourth-order valence-electron chi connectivity index (χ4n) is 1.97. The molecule has 1 N–H and O–H groups in total. The predicted molar refractivity (Wildman–Crippen MR) is 72.8 cm³/mol. The first-order valence-electron chi connectivity index (χ1n) is 5.92. The molecule has 0 aliphatic heterocycles. The zero-order valence-corrected chi connectivity index (χ0v) is 11.9. The van der Waals surface area contributed by atoms with Gasteiger partial charge in [-0.05, 0) is 51.3 Å². The quantitative estimate of drug-likeness (QED) is 0.887. The highest BCUT2D eigenvalue weighted by atomic mass is 79.9. The maximum atomic E-state index is 3.63. The van der Waals surface area contributed by atoms with E-state index >= 15 is 0 Å². The third-order valence-corrected chi connectivity index (χ3v) is 3.74. The summed E-state index contributed by atoms with van der Waals surface area (Å²) >= 11 is 3.55. The van der Waals surface area contributed by atoms with Crippen molar-refractivity contribution in [2.24, 2.45) is 0 Å². The normalized spacial score (nSPS) is 18.5. The van der Waals surface area contributed by atoms with E-state index in [2.05, 4.69) is 66.3 Å². The van der Waals surface area contributed by atoms with Crippen molar-refractivity contribution in [3.8, 4) is 0 Å². The Balaban J connectivity index is 2.08. The van der Waals surface area contributed by atoms with Crippen molar-refractivity contribution in [1.29, 1.82) is 0 Å². The topological polar surface area (TPSA) is 12.0 Å². The van der Waals surface area contributed by atoms with E-state index in [1.54, 1.807) is 0 Å². The molecule has 88 valence electrons. The van der Waals surface area contributed by atoms with Crippen LogP contribution >= 0.6 is 15.9 Å². The van der Waals surface area contributed by atoms with Crippen molar-refractivity contribution in [3.63, 3.8) is 0 Å². The molecule has 1 aromatic carbocycles. The van der Waals surface area contributed by atoms with Gasteiger partial charge in [0.05, 0.1) is 0 Å². The van der Waals surface area contributed by atoms with Gasteiger partial charge in [0.25, 0.3) is 0 Å². The van der Waals surface area contributed by atoms with Gasteiger partial charge in [0.2, 0.25) is 0 Å². The summed E-state index contributed by atoms with van der Waals surface area (Å²) in [5.74, 6) is 0. The molecule has 0 amide bonds. The van der Waals surface area contributed by atoms with E-state index in [1.165, 1.54) is 22.9 Å². The molecule has 0 spiro atoms. The Bertz CT molecular complexity index is 375. The van der Waals surface area contributed by atoms with E-state index in [4.69, 9.17) is 0 Å². The van der Waals surface area contributed by atoms with E-state index in [1.807, 2.05) is 0 Å². The van der Waals surface area contributed by atoms with Crippen LogP contribution in [0.3, 0.4) is 0 Å². The van der Waals surface area contributed by atoms with Crippen LogP contribution < -0.4 is 5.32 Å². The van der Waals surface area contributed by atoms with E-state index in [-0.39, 0.29) is 5.54 Å². The van der Waals surface area contributed by atoms with Gasteiger partial charge >= 0.3 is 0 Å². The second kappa shape index (κ2) is 4.15. The number of benzene rings is 1. The molecule has 1 aliphatic carbocycles. The smallest absolute Gasteiger partial charge is 0.0178 e. The van der Waals surface area contributed by atoms with Crippen LogP contribution in [0.25, 0.3) is 0 Å². The van der Waals surface area contributed by atoms with Crippen molar-refractivity contribution >= 4 is 15.9 Å². The molecular formula is C14H20BrN. The lowest BCUT2D eigenvalue weighted by molar-refractivity contribution is 0.399. The highest BCUT2D eigenvalue weighted by Crippen LogP contribution is 2.48. The summed E-state index contributed by atoms with van der Waals surface area (Å²) in [6.45, 7) is 7.77. The zero-order valence-electron chi connectivity index (χ0n) is 10.3. The summed E-state index contributed by atoms with van der Waals surface area (Å²) in [6.07, 6.45) is 2.62. The second-order valence-corrected chi connectivity index (χ2v) is 6.81. The predicted octanol–water partition coefficient (Wildman–Crippen LogP) is 3.87. The maximum absolute atomic E-state index is 3.63. The Morgan fingerprint density at radius 3 is 2.50 bits per heavy atom. The Kier molecular flexibility index (Phi) is 3.15. The molecule has 0 radical (unpaired) electrons. The van der Waals surface area contributed by atoms with Crippen molar-refractivity contribution in [1.82, 2.24) is 5.32 Å². The van der Waals surface area contributed by atoms with E-state index < -0.39 is 0 Å². The van der Waals surface area contributed by atoms with Crippen molar-refractivity contribution < 1.29 is 0 Å². The number of hydrogen-bond donors (Lipinski definition) is 1. The lowest BCUT2D eigenvalue weighted by Crippen LogP contribution is -2.40. The number of nitrogens with one attached hydrogen (secondary N) is 1. The van der Waals surface area contributed by atoms with Gasteiger partial charge in [-0.2, -0.15) is 0 Å². The average molecular weight is 282 g/mol. The molecule has 0 aromatic heterocycles. The van der Waals surface area contributed by atoms with Gasteiger partial charge in [0, 0.05) is 22.0 Å². The van der Waals surface area contributed by atoms with Crippen LogP contribution in [0.4, 0.5) is 0 Å². The van der Waals surface area contributed by atoms with Crippen LogP contribution in [-0.4, -0.2) is 12.1 Å². The van der Waals surface area contributed by atoms with Gasteiger partial charge in [0.1, 0.15) is 0 Å². The van der Waals surface area contributed by atoms with Gasteiger partial charge in [-0.3, -0.25) is 0 Å². The molecule has 16 heavy (non-hydrogen) atoms. The molecular weight excluding hydrogens is 262 g/mol. The van der Waals surface area contributed by atoms with Crippen LogP contribution in [0, 0.1) is 0 Å². The highest BCUT2D eigenvalue weighted by molar-refractivity contribution is 9.10. The van der Waals surface area contributed by atoms with Crippen LogP contribution in [-0.2, 0) is 5.41 Å². The van der Waals surface area contributed by atoms with Gasteiger partial charge in [-0.15, -0.1) is 0 Å². The molecule has 0 atom stereocenters. The molecule has 0 heterocycles. The summed E-state index contributed by atoms with van der Waals surface area (Å²) in [4.78, 5) is 0. The molecule has 2 rings (SSSR count). The van der Waals surface area contributed by atoms with Crippen molar-refractivity contribution in [3.05, 3.63) is 34.3 Å². The SMILES string of the molecule is CC(C)(C)NCC1(c2cccc(Br)c2)CC1. The van der Waals surface area contributed by atoms with Gasteiger partial charge in [-0.25, -0.2) is 0 Å². The minimum atomic E-state index is 0.210. The largest absolute Gasteiger partial charge is 0.311 e. The first-order chi connectivity index (χ1) is 7.41. The number of rotatable bonds is 3. The highest BCUT2D eigenvalue weighted by Gasteiger charge is 2.44. The van der Waals surface area contributed by atoms with Crippen LogP contribution in [0.15, 0.2) is 28.7 Å². The number of halogens is 1. The Morgan fingerprint density at radius 2 is 2.00 bits per heavy atom. The molecule has 1 fully saturated rings. The third-order valence-electron chi connectivity index (χ3n) is 3.25. The van der Waals surface area contributed by atoms with Crippen molar-refractivity contribution in [2.45, 2.75) is 44.6 Å². The first kappa shape index (κ1) is 12.1. The molecule has 2 heteroatoms. The Labute approximate surface area is 107 Å². The molecule has 0 saturated heterocycles. The molecule has 0 unspecified atom stereocenters. The fraction of sp³-hybridized carbons (Fsp3) is 0.571. The van der Waals surface area contributed by atoms with E-state index in [9.17, 15) is 0 Å². The fourth-order valence-corrected chi connectivity index (χ4v) is 2.37. The molecule has 1 saturated carbocycles. The minimum Gasteiger partial charge on any atom is -0.311 e. The standard InChI is InChI=1S/C14H20BrN/c1-13(2,3)16-10-14(7-8-14)11-5-4-6-12(15)9-11/h4-6,9,16H,7-8,10H2,1-3H3. The molecule has 1 nitrogen and oxygen atoms in total. The van der Waals surface area contributed by atoms with E-state index in [0.29, 0.717) is 5.41 Å². The average Bonchev–Trinajstić information content (AvgIpc) is 2.94. The molecule has 0 bridgehead atoms. The monoisotopic (exact) mass is 281 g/mol. The minimum absolute atomic E-state index is 0.210. The third kappa shape index (κ3) is 2.86. The Hall–Kier alpha value is -0.340.